The van der Waals surface area contributed by atoms with E-state index in [0.717, 1.165) is 27.7 Å². The third kappa shape index (κ3) is 7.24. The molecular weight excluding hydrogens is 695 g/mol. The summed E-state index contributed by atoms with van der Waals surface area (Å²) in [6.07, 6.45) is 1.90. The molecule has 1 amide bonds. The molecule has 1 aliphatic heterocycles. The Labute approximate surface area is 303 Å². The number of para-hydroxylation sites is 1. The molecule has 7 rings (SSSR count). The van der Waals surface area contributed by atoms with Gasteiger partial charge >= 0.3 is 0 Å². The van der Waals surface area contributed by atoms with Gasteiger partial charge in [-0.25, -0.2) is 0 Å². The number of aromatic nitrogens is 5. The lowest BCUT2D eigenvalue weighted by Crippen LogP contribution is -2.38. The molecule has 3 aromatic heterocycles. The molecule has 1 aliphatic rings. The molecule has 1 N–H and O–H groups in total. The van der Waals surface area contributed by atoms with Gasteiger partial charge in [0, 0.05) is 64.9 Å². The number of methoxy groups -OCH3 is 2. The Balaban J connectivity index is 1.10. The van der Waals surface area contributed by atoms with E-state index in [2.05, 4.69) is 30.6 Å². The van der Waals surface area contributed by atoms with Crippen LogP contribution in [-0.2, 0) is 19.5 Å². The minimum atomic E-state index is -0.476. The van der Waals surface area contributed by atoms with E-state index in [1.165, 1.54) is 6.39 Å². The fraction of sp³-hybridized carbons (Fsp3) is 0.278. The van der Waals surface area contributed by atoms with Gasteiger partial charge in [-0.1, -0.05) is 41.4 Å². The first kappa shape index (κ1) is 34.4. The molecule has 1 unspecified atom stereocenters. The van der Waals surface area contributed by atoms with Crippen molar-refractivity contribution in [2.24, 2.45) is 0 Å². The van der Waals surface area contributed by atoms with Gasteiger partial charge in [-0.05, 0) is 49.5 Å². The first-order valence-electron chi connectivity index (χ1n) is 16.2. The van der Waals surface area contributed by atoms with Crippen LogP contribution in [0.1, 0.15) is 45.0 Å². The second-order valence-electron chi connectivity index (χ2n) is 12.1. The molecule has 0 fully saturated rings. The number of carbonyl (C=O) groups excluding carboxylic acids is 1. The fourth-order valence-corrected chi connectivity index (χ4v) is 6.78. The first-order valence-corrected chi connectivity index (χ1v) is 17.0. The van der Waals surface area contributed by atoms with Crippen LogP contribution in [0, 0.1) is 0 Å². The molecule has 0 saturated carbocycles. The number of likely N-dealkylation sites (N-methyl/N-ethyl adjacent to an activating group) is 1. The minimum Gasteiger partial charge on any atom is -0.496 e. The average molecular weight is 730 g/mol. The van der Waals surface area contributed by atoms with Crippen LogP contribution < -0.4 is 14.8 Å². The number of benzene rings is 3. The van der Waals surface area contributed by atoms with Gasteiger partial charge < -0.3 is 23.6 Å². The molecule has 0 aliphatic carbocycles. The molecule has 15 heteroatoms. The zero-order valence-corrected chi connectivity index (χ0v) is 29.6. The highest BCUT2D eigenvalue weighted by Crippen LogP contribution is 2.39. The maximum absolute atomic E-state index is 14.1. The number of nitrogens with zero attached hydrogens (tertiary/aromatic N) is 7. The van der Waals surface area contributed by atoms with Crippen LogP contribution >= 0.6 is 23.2 Å². The van der Waals surface area contributed by atoms with Crippen molar-refractivity contribution in [2.45, 2.75) is 25.6 Å². The Morgan fingerprint density at radius 3 is 2.59 bits per heavy atom. The van der Waals surface area contributed by atoms with Gasteiger partial charge in [0.15, 0.2) is 0 Å². The van der Waals surface area contributed by atoms with Crippen LogP contribution in [-0.4, -0.2) is 82.0 Å². The smallest absolute Gasteiger partial charge is 0.252 e. The highest BCUT2D eigenvalue weighted by atomic mass is 35.5. The summed E-state index contributed by atoms with van der Waals surface area (Å²) in [5.41, 5.74) is 4.45. The lowest BCUT2D eigenvalue weighted by Gasteiger charge is -2.35. The predicted molar refractivity (Wildman–Crippen MR) is 190 cm³/mol. The van der Waals surface area contributed by atoms with Crippen molar-refractivity contribution in [1.29, 1.82) is 0 Å². The summed E-state index contributed by atoms with van der Waals surface area (Å²) in [6, 6.07) is 17.9. The fourth-order valence-electron chi connectivity index (χ4n) is 6.43. The average Bonchev–Trinajstić information content (AvgIpc) is 3.84. The van der Waals surface area contributed by atoms with Crippen LogP contribution in [0.3, 0.4) is 0 Å². The second kappa shape index (κ2) is 15.0. The number of fused-ring (bicyclic) bond motifs is 2. The number of amides is 1. The van der Waals surface area contributed by atoms with Gasteiger partial charge in [-0.2, -0.15) is 0 Å². The normalized spacial score (nSPS) is 13.7. The van der Waals surface area contributed by atoms with Gasteiger partial charge in [0.25, 0.3) is 11.8 Å². The summed E-state index contributed by atoms with van der Waals surface area (Å²) in [5, 5.41) is 21.6. The number of pyridine rings is 1. The number of rotatable bonds is 12. The maximum atomic E-state index is 14.1. The summed E-state index contributed by atoms with van der Waals surface area (Å²) in [4.78, 5) is 23.3. The van der Waals surface area contributed by atoms with Crippen molar-refractivity contribution in [1.82, 2.24) is 40.5 Å². The Kier molecular flexibility index (Phi) is 10.1. The summed E-state index contributed by atoms with van der Waals surface area (Å²) in [6.45, 7) is 2.29. The molecule has 6 aromatic rings. The standard InChI is InChI=1S/C36H34Cl2N8O5/c1-45(19-31-42-44-35(51-31)25-17-22(38)9-11-30(25)49-3)15-13-39-34(47)32-23-6-4-5-7-27(23)41-28-12-14-46(18-26(28)32)33(36-43-40-20-50-36)24-16-21(37)8-10-29(24)48-2/h4-11,16-17,20,33H,12-15,18-19H2,1-3H3,(H,39,47). The number of hydrogen-bond acceptors (Lipinski definition) is 12. The van der Waals surface area contributed by atoms with Gasteiger partial charge in [-0.15, -0.1) is 20.4 Å². The molecule has 13 nitrogen and oxygen atoms in total. The molecule has 3 aromatic carbocycles. The van der Waals surface area contributed by atoms with E-state index in [4.69, 9.17) is 46.5 Å². The maximum Gasteiger partial charge on any atom is 0.252 e. The van der Waals surface area contributed by atoms with Crippen molar-refractivity contribution in [3.63, 3.8) is 0 Å². The quantitative estimate of drug-likeness (QED) is 0.158. The van der Waals surface area contributed by atoms with Crippen molar-refractivity contribution >= 4 is 40.0 Å². The molecule has 4 heterocycles. The van der Waals surface area contributed by atoms with Crippen molar-refractivity contribution < 1.29 is 23.1 Å². The van der Waals surface area contributed by atoms with Crippen LogP contribution in [0.4, 0.5) is 0 Å². The third-order valence-electron chi connectivity index (χ3n) is 8.81. The Morgan fingerprint density at radius 1 is 1.02 bits per heavy atom. The highest BCUT2D eigenvalue weighted by molar-refractivity contribution is 6.31. The molecule has 0 spiro atoms. The third-order valence-corrected chi connectivity index (χ3v) is 9.28. The zero-order chi connectivity index (χ0) is 35.5. The number of hydrogen-bond donors (Lipinski definition) is 1. The largest absolute Gasteiger partial charge is 0.496 e. The summed E-state index contributed by atoms with van der Waals surface area (Å²) in [5.74, 6) is 2.14. The van der Waals surface area contributed by atoms with Crippen LogP contribution in [0.2, 0.25) is 10.0 Å². The minimum absolute atomic E-state index is 0.192. The van der Waals surface area contributed by atoms with Crippen LogP contribution in [0.5, 0.6) is 11.5 Å². The monoisotopic (exact) mass is 728 g/mol. The Hall–Kier alpha value is -5.08. The van der Waals surface area contributed by atoms with Gasteiger partial charge in [0.05, 0.1) is 37.4 Å². The van der Waals surface area contributed by atoms with Crippen molar-refractivity contribution in [3.8, 4) is 23.0 Å². The van der Waals surface area contributed by atoms with E-state index in [0.29, 0.717) is 89.5 Å². The van der Waals surface area contributed by atoms with E-state index in [1.807, 2.05) is 48.3 Å². The summed E-state index contributed by atoms with van der Waals surface area (Å²) >= 11 is 12.6. The number of nitrogens with one attached hydrogen (secondary N) is 1. The highest BCUT2D eigenvalue weighted by Gasteiger charge is 2.35. The predicted octanol–water partition coefficient (Wildman–Crippen LogP) is 6.00. The van der Waals surface area contributed by atoms with E-state index in [9.17, 15) is 4.79 Å². The number of ether oxygens (including phenoxy) is 2. The number of halogens is 2. The lowest BCUT2D eigenvalue weighted by atomic mass is 9.93. The molecule has 1 atom stereocenters. The summed E-state index contributed by atoms with van der Waals surface area (Å²) < 4.78 is 22.8. The topological polar surface area (TPSA) is 145 Å². The second-order valence-corrected chi connectivity index (χ2v) is 12.9. The van der Waals surface area contributed by atoms with Crippen molar-refractivity contribution in [2.75, 3.05) is 40.9 Å². The molecule has 0 radical (unpaired) electrons. The molecule has 0 saturated heterocycles. The summed E-state index contributed by atoms with van der Waals surface area (Å²) in [7, 11) is 5.09. The first-order chi connectivity index (χ1) is 24.8. The zero-order valence-electron chi connectivity index (χ0n) is 28.1. The van der Waals surface area contributed by atoms with Gasteiger partial charge in [-0.3, -0.25) is 19.6 Å². The lowest BCUT2D eigenvalue weighted by molar-refractivity contribution is 0.0946. The van der Waals surface area contributed by atoms with Gasteiger partial charge in [0.1, 0.15) is 17.5 Å². The van der Waals surface area contributed by atoms with E-state index < -0.39 is 6.04 Å². The van der Waals surface area contributed by atoms with E-state index >= 15 is 0 Å². The van der Waals surface area contributed by atoms with Crippen molar-refractivity contribution in [3.05, 3.63) is 111 Å². The molecular formula is C36H34Cl2N8O5. The van der Waals surface area contributed by atoms with E-state index in [-0.39, 0.29) is 5.91 Å². The molecule has 0 bridgehead atoms. The SMILES string of the molecule is COc1ccc(Cl)cc1-c1nnc(CN(C)CCNC(=O)c2c3c(nc4ccccc24)CCN(C(c2nnco2)c2cc(Cl)ccc2OC)C3)o1. The van der Waals surface area contributed by atoms with E-state index in [1.54, 1.807) is 38.5 Å². The van der Waals surface area contributed by atoms with Crippen LogP contribution in [0.15, 0.2) is 75.9 Å². The Bertz CT molecular complexity index is 2180. The van der Waals surface area contributed by atoms with Gasteiger partial charge in [0.2, 0.25) is 18.2 Å². The van der Waals surface area contributed by atoms with Crippen LogP contribution in [0.25, 0.3) is 22.4 Å². The molecule has 262 valence electrons. The number of carbonyl (C=O) groups is 1. The Morgan fingerprint density at radius 2 is 1.80 bits per heavy atom. The molecule has 51 heavy (non-hydrogen) atoms.